The van der Waals surface area contributed by atoms with Gasteiger partial charge in [0.1, 0.15) is 23.0 Å². The number of anilines is 1. The van der Waals surface area contributed by atoms with Gasteiger partial charge in [-0.2, -0.15) is 0 Å². The average molecular weight is 316 g/mol. The fourth-order valence-electron chi connectivity index (χ4n) is 1.84. The Labute approximate surface area is 129 Å². The number of carbonyl (C=O) groups excluding carboxylic acids is 1. The number of carbonyl (C=O) groups is 1. The monoisotopic (exact) mass is 316 g/mol. The maximum absolute atomic E-state index is 13.7. The predicted octanol–water partition coefficient (Wildman–Crippen LogP) is 2.97. The van der Waals surface area contributed by atoms with Gasteiger partial charge in [0.05, 0.1) is 11.9 Å². The van der Waals surface area contributed by atoms with Gasteiger partial charge in [-0.05, 0) is 19.1 Å². The summed E-state index contributed by atoms with van der Waals surface area (Å²) in [5.74, 6) is -2.00. The summed E-state index contributed by atoms with van der Waals surface area (Å²) in [5, 5.41) is 6.08. The second-order valence-corrected chi connectivity index (χ2v) is 4.70. The van der Waals surface area contributed by atoms with Crippen LogP contribution in [0.4, 0.5) is 14.7 Å². The van der Waals surface area contributed by atoms with Crippen molar-refractivity contribution in [2.45, 2.75) is 6.92 Å². The van der Waals surface area contributed by atoms with E-state index in [2.05, 4.69) is 20.4 Å². The molecule has 0 fully saturated rings. The lowest BCUT2D eigenvalue weighted by Crippen LogP contribution is -2.13. The minimum atomic E-state index is -0.777. The van der Waals surface area contributed by atoms with Gasteiger partial charge in [0.25, 0.3) is 5.91 Å². The molecule has 0 spiro atoms. The Morgan fingerprint density at radius 2 is 2.00 bits per heavy atom. The van der Waals surface area contributed by atoms with E-state index in [1.807, 2.05) is 0 Å². The molecule has 8 heteroatoms. The van der Waals surface area contributed by atoms with Gasteiger partial charge in [-0.3, -0.25) is 15.1 Å². The molecule has 1 N–H and O–H groups in total. The Morgan fingerprint density at radius 1 is 1.17 bits per heavy atom. The molecule has 0 radical (unpaired) electrons. The van der Waals surface area contributed by atoms with Crippen molar-refractivity contribution in [2.24, 2.45) is 0 Å². The van der Waals surface area contributed by atoms with Crippen LogP contribution >= 0.6 is 0 Å². The van der Waals surface area contributed by atoms with E-state index < -0.39 is 17.5 Å². The highest BCUT2D eigenvalue weighted by Crippen LogP contribution is 2.25. The molecule has 116 valence electrons. The number of aromatic nitrogens is 3. The Morgan fingerprint density at radius 3 is 2.70 bits per heavy atom. The molecule has 0 unspecified atom stereocenters. The van der Waals surface area contributed by atoms with E-state index >= 15 is 0 Å². The van der Waals surface area contributed by atoms with E-state index in [9.17, 15) is 13.6 Å². The van der Waals surface area contributed by atoms with Crippen molar-refractivity contribution in [2.75, 3.05) is 5.32 Å². The van der Waals surface area contributed by atoms with E-state index in [4.69, 9.17) is 4.52 Å². The molecule has 0 aliphatic heterocycles. The molecule has 0 aliphatic rings. The standard InChI is InChI=1S/C15H10F2N4O2/c1-8-6-19-13(7-18-8)15(22)20-14-5-12(21-23-14)10-3-2-9(16)4-11(10)17/h2-7H,1H3,(H,20,22). The molecule has 3 rings (SSSR count). The third-order valence-corrected chi connectivity index (χ3v) is 2.97. The number of amides is 1. The van der Waals surface area contributed by atoms with Gasteiger partial charge >= 0.3 is 0 Å². The number of rotatable bonds is 3. The molecule has 0 saturated carbocycles. The number of aryl methyl sites for hydroxylation is 1. The molecule has 2 heterocycles. The summed E-state index contributed by atoms with van der Waals surface area (Å²) in [4.78, 5) is 19.8. The van der Waals surface area contributed by atoms with Crippen LogP contribution in [0.25, 0.3) is 11.3 Å². The quantitative estimate of drug-likeness (QED) is 0.803. The lowest BCUT2D eigenvalue weighted by molar-refractivity contribution is 0.101. The van der Waals surface area contributed by atoms with E-state index in [1.54, 1.807) is 6.92 Å². The number of nitrogens with one attached hydrogen (secondary N) is 1. The summed E-state index contributed by atoms with van der Waals surface area (Å²) >= 11 is 0. The molecular formula is C15H10F2N4O2. The normalized spacial score (nSPS) is 10.6. The van der Waals surface area contributed by atoms with E-state index in [-0.39, 0.29) is 22.8 Å². The van der Waals surface area contributed by atoms with Crippen molar-refractivity contribution in [3.63, 3.8) is 0 Å². The number of halogens is 2. The lowest BCUT2D eigenvalue weighted by Gasteiger charge is -1.99. The molecular weight excluding hydrogens is 306 g/mol. The Kier molecular flexibility index (Phi) is 3.80. The fourth-order valence-corrected chi connectivity index (χ4v) is 1.84. The Balaban J connectivity index is 1.79. The summed E-state index contributed by atoms with van der Waals surface area (Å²) in [6, 6.07) is 4.41. The third kappa shape index (κ3) is 3.20. The second-order valence-electron chi connectivity index (χ2n) is 4.70. The van der Waals surface area contributed by atoms with Crippen LogP contribution in [-0.2, 0) is 0 Å². The fraction of sp³-hybridized carbons (Fsp3) is 0.0667. The average Bonchev–Trinajstić information content (AvgIpc) is 2.96. The topological polar surface area (TPSA) is 80.9 Å². The molecule has 0 bridgehead atoms. The molecule has 2 aromatic heterocycles. The van der Waals surface area contributed by atoms with Crippen LogP contribution in [0.5, 0.6) is 0 Å². The summed E-state index contributed by atoms with van der Waals surface area (Å²) in [7, 11) is 0. The predicted molar refractivity (Wildman–Crippen MR) is 76.6 cm³/mol. The number of nitrogens with zero attached hydrogens (tertiary/aromatic N) is 3. The van der Waals surface area contributed by atoms with E-state index in [1.165, 1.54) is 24.5 Å². The van der Waals surface area contributed by atoms with Crippen molar-refractivity contribution in [3.05, 3.63) is 59.7 Å². The number of benzene rings is 1. The van der Waals surface area contributed by atoms with Crippen molar-refractivity contribution in [3.8, 4) is 11.3 Å². The minimum Gasteiger partial charge on any atom is -0.338 e. The summed E-state index contributed by atoms with van der Waals surface area (Å²) in [5.41, 5.74) is 0.968. The van der Waals surface area contributed by atoms with Crippen molar-refractivity contribution in [1.29, 1.82) is 0 Å². The van der Waals surface area contributed by atoms with Crippen LogP contribution < -0.4 is 5.32 Å². The molecule has 23 heavy (non-hydrogen) atoms. The van der Waals surface area contributed by atoms with Crippen molar-refractivity contribution in [1.82, 2.24) is 15.1 Å². The van der Waals surface area contributed by atoms with Gasteiger partial charge in [-0.15, -0.1) is 0 Å². The highest BCUT2D eigenvalue weighted by Gasteiger charge is 2.15. The van der Waals surface area contributed by atoms with Crippen LogP contribution in [0.15, 0.2) is 41.2 Å². The highest BCUT2D eigenvalue weighted by atomic mass is 19.1. The Bertz CT molecular complexity index is 862. The first kappa shape index (κ1) is 14.8. The van der Waals surface area contributed by atoms with Crippen LogP contribution in [0, 0.1) is 18.6 Å². The van der Waals surface area contributed by atoms with Gasteiger partial charge in [-0.1, -0.05) is 5.16 Å². The second kappa shape index (κ2) is 5.91. The maximum atomic E-state index is 13.7. The number of hydrogen-bond donors (Lipinski definition) is 1. The van der Waals surface area contributed by atoms with Crippen LogP contribution in [0.2, 0.25) is 0 Å². The van der Waals surface area contributed by atoms with Gasteiger partial charge in [0.15, 0.2) is 0 Å². The first-order chi connectivity index (χ1) is 11.0. The van der Waals surface area contributed by atoms with E-state index in [0.29, 0.717) is 5.69 Å². The maximum Gasteiger partial charge on any atom is 0.278 e. The lowest BCUT2D eigenvalue weighted by atomic mass is 10.1. The van der Waals surface area contributed by atoms with Crippen LogP contribution in [-0.4, -0.2) is 21.0 Å². The highest BCUT2D eigenvalue weighted by molar-refractivity contribution is 6.02. The molecule has 6 nitrogen and oxygen atoms in total. The van der Waals surface area contributed by atoms with Crippen LogP contribution in [0.1, 0.15) is 16.2 Å². The van der Waals surface area contributed by atoms with E-state index in [0.717, 1.165) is 12.1 Å². The van der Waals surface area contributed by atoms with Crippen molar-refractivity contribution >= 4 is 11.8 Å². The van der Waals surface area contributed by atoms with Gasteiger partial charge in [-0.25, -0.2) is 13.8 Å². The Hall–Kier alpha value is -3.16. The SMILES string of the molecule is Cc1cnc(C(=O)Nc2cc(-c3ccc(F)cc3F)no2)cn1. The third-order valence-electron chi connectivity index (χ3n) is 2.97. The van der Waals surface area contributed by atoms with Crippen LogP contribution in [0.3, 0.4) is 0 Å². The van der Waals surface area contributed by atoms with Crippen molar-refractivity contribution < 1.29 is 18.1 Å². The molecule has 0 saturated heterocycles. The molecule has 0 atom stereocenters. The first-order valence-corrected chi connectivity index (χ1v) is 6.55. The zero-order chi connectivity index (χ0) is 16.4. The molecule has 1 aromatic carbocycles. The summed E-state index contributed by atoms with van der Waals surface area (Å²) in [6.45, 7) is 1.74. The molecule has 3 aromatic rings. The smallest absolute Gasteiger partial charge is 0.278 e. The zero-order valence-corrected chi connectivity index (χ0v) is 11.9. The summed E-state index contributed by atoms with van der Waals surface area (Å²) < 4.78 is 31.5. The summed E-state index contributed by atoms with van der Waals surface area (Å²) in [6.07, 6.45) is 2.77. The largest absolute Gasteiger partial charge is 0.338 e. The number of hydrogen-bond acceptors (Lipinski definition) is 5. The van der Waals surface area contributed by atoms with Gasteiger partial charge < -0.3 is 4.52 Å². The first-order valence-electron chi connectivity index (χ1n) is 6.55. The minimum absolute atomic E-state index is 0.0103. The van der Waals surface area contributed by atoms with Gasteiger partial charge in [0, 0.05) is 23.9 Å². The molecule has 1 amide bonds. The molecule has 0 aliphatic carbocycles. The van der Waals surface area contributed by atoms with Gasteiger partial charge in [0.2, 0.25) is 5.88 Å². The zero-order valence-electron chi connectivity index (χ0n) is 11.9.